The molecule has 0 N–H and O–H groups in total. The van der Waals surface area contributed by atoms with Crippen molar-refractivity contribution in [3.8, 4) is 0 Å². The van der Waals surface area contributed by atoms with Crippen LogP contribution in [0, 0.1) is 6.92 Å². The van der Waals surface area contributed by atoms with Crippen molar-refractivity contribution in [2.75, 3.05) is 19.1 Å². The highest BCUT2D eigenvalue weighted by atomic mass is 32.1. The van der Waals surface area contributed by atoms with Gasteiger partial charge in [0.2, 0.25) is 0 Å². The lowest BCUT2D eigenvalue weighted by Crippen LogP contribution is -2.08. The molecule has 1 heterocycles. The number of hydrogen-bond acceptors (Lipinski definition) is 5. The van der Waals surface area contributed by atoms with Crippen LogP contribution in [-0.4, -0.2) is 25.1 Å². The Kier molecular flexibility index (Phi) is 3.62. The molecule has 0 atom stereocenters. The Balaban J connectivity index is 2.32. The molecule has 0 aliphatic rings. The molecule has 0 radical (unpaired) electrons. The lowest BCUT2D eigenvalue weighted by Gasteiger charge is -2.15. The number of methoxy groups -OCH3 is 1. The number of carbonyl (C=O) groups excluding carboxylic acids is 1. The Hall–Kier alpha value is -1.88. The van der Waals surface area contributed by atoms with Crippen LogP contribution in [0.25, 0.3) is 0 Å². The second-order valence-electron chi connectivity index (χ2n) is 3.80. The summed E-state index contributed by atoms with van der Waals surface area (Å²) in [5, 5.41) is 0.777. The summed E-state index contributed by atoms with van der Waals surface area (Å²) in [5.74, 6) is -0.335. The van der Waals surface area contributed by atoms with Crippen molar-refractivity contribution in [1.29, 1.82) is 0 Å². The predicted octanol–water partition coefficient (Wildman–Crippen LogP) is 3.01. The highest BCUT2D eigenvalue weighted by Gasteiger charge is 2.18. The molecule has 0 saturated carbocycles. The molecule has 0 amide bonds. The van der Waals surface area contributed by atoms with Gasteiger partial charge in [-0.15, -0.1) is 0 Å². The van der Waals surface area contributed by atoms with E-state index in [9.17, 15) is 4.79 Å². The SMILES string of the molecule is COC(=O)c1sc(N(C)c2ccccc2)nc1C. The van der Waals surface area contributed by atoms with E-state index >= 15 is 0 Å². The number of nitrogens with zero attached hydrogens (tertiary/aromatic N) is 2. The van der Waals surface area contributed by atoms with Gasteiger partial charge in [-0.25, -0.2) is 9.78 Å². The first kappa shape index (κ1) is 12.6. The number of thiazole rings is 1. The minimum Gasteiger partial charge on any atom is -0.465 e. The van der Waals surface area contributed by atoms with Gasteiger partial charge in [0, 0.05) is 12.7 Å². The molecule has 0 saturated heterocycles. The van der Waals surface area contributed by atoms with Crippen LogP contribution in [0.3, 0.4) is 0 Å². The standard InChI is InChI=1S/C13H14N2O2S/c1-9-11(12(16)17-3)18-13(14-9)15(2)10-7-5-4-6-8-10/h4-8H,1-3H3. The van der Waals surface area contributed by atoms with E-state index in [0.29, 0.717) is 10.6 Å². The monoisotopic (exact) mass is 262 g/mol. The van der Waals surface area contributed by atoms with Gasteiger partial charge in [-0.1, -0.05) is 29.5 Å². The summed E-state index contributed by atoms with van der Waals surface area (Å²) in [4.78, 5) is 18.4. The molecular weight excluding hydrogens is 248 g/mol. The van der Waals surface area contributed by atoms with Crippen molar-refractivity contribution in [1.82, 2.24) is 4.98 Å². The Morgan fingerprint density at radius 3 is 2.61 bits per heavy atom. The number of carbonyl (C=O) groups is 1. The molecule has 2 aromatic rings. The molecule has 0 aliphatic carbocycles. The number of esters is 1. The topological polar surface area (TPSA) is 42.4 Å². The van der Waals surface area contributed by atoms with Gasteiger partial charge >= 0.3 is 5.97 Å². The molecule has 1 aromatic heterocycles. The number of aryl methyl sites for hydroxylation is 1. The first-order chi connectivity index (χ1) is 8.63. The lowest BCUT2D eigenvalue weighted by molar-refractivity contribution is 0.0605. The Labute approximate surface area is 110 Å². The van der Waals surface area contributed by atoms with Crippen molar-refractivity contribution >= 4 is 28.1 Å². The van der Waals surface area contributed by atoms with E-state index in [1.807, 2.05) is 49.2 Å². The molecule has 0 unspecified atom stereocenters. The van der Waals surface area contributed by atoms with Crippen molar-refractivity contribution in [2.24, 2.45) is 0 Å². The molecule has 18 heavy (non-hydrogen) atoms. The molecule has 0 aliphatic heterocycles. The molecule has 94 valence electrons. The average Bonchev–Trinajstić information content (AvgIpc) is 2.80. The van der Waals surface area contributed by atoms with Gasteiger partial charge in [0.15, 0.2) is 5.13 Å². The lowest BCUT2D eigenvalue weighted by atomic mass is 10.3. The second kappa shape index (κ2) is 5.18. The normalized spacial score (nSPS) is 10.2. The highest BCUT2D eigenvalue weighted by Crippen LogP contribution is 2.30. The van der Waals surface area contributed by atoms with Gasteiger partial charge in [-0.2, -0.15) is 0 Å². The van der Waals surface area contributed by atoms with E-state index in [1.54, 1.807) is 0 Å². The molecule has 0 fully saturated rings. The molecule has 0 bridgehead atoms. The smallest absolute Gasteiger partial charge is 0.350 e. The Morgan fingerprint density at radius 1 is 1.33 bits per heavy atom. The van der Waals surface area contributed by atoms with Crippen LogP contribution < -0.4 is 4.90 Å². The number of benzene rings is 1. The van der Waals surface area contributed by atoms with Gasteiger partial charge < -0.3 is 9.64 Å². The van der Waals surface area contributed by atoms with E-state index in [2.05, 4.69) is 4.98 Å². The van der Waals surface area contributed by atoms with Crippen molar-refractivity contribution in [2.45, 2.75) is 6.92 Å². The van der Waals surface area contributed by atoms with Gasteiger partial charge in [-0.05, 0) is 19.1 Å². The molecule has 5 heteroatoms. The first-order valence-electron chi connectivity index (χ1n) is 5.48. The van der Waals surface area contributed by atoms with Gasteiger partial charge in [-0.3, -0.25) is 0 Å². The highest BCUT2D eigenvalue weighted by molar-refractivity contribution is 7.17. The van der Waals surface area contributed by atoms with Crippen molar-refractivity contribution in [3.05, 3.63) is 40.9 Å². The maximum absolute atomic E-state index is 11.5. The zero-order valence-electron chi connectivity index (χ0n) is 10.5. The van der Waals surface area contributed by atoms with E-state index in [4.69, 9.17) is 4.74 Å². The first-order valence-corrected chi connectivity index (χ1v) is 6.29. The van der Waals surface area contributed by atoms with E-state index in [-0.39, 0.29) is 5.97 Å². The summed E-state index contributed by atoms with van der Waals surface area (Å²) < 4.78 is 4.73. The fourth-order valence-electron chi connectivity index (χ4n) is 1.57. The van der Waals surface area contributed by atoms with Gasteiger partial charge in [0.05, 0.1) is 12.8 Å². The molecular formula is C13H14N2O2S. The predicted molar refractivity (Wildman–Crippen MR) is 72.7 cm³/mol. The van der Waals surface area contributed by atoms with Crippen LogP contribution in [-0.2, 0) is 4.74 Å². The molecule has 0 spiro atoms. The van der Waals surface area contributed by atoms with E-state index in [0.717, 1.165) is 10.8 Å². The summed E-state index contributed by atoms with van der Waals surface area (Å²) in [6, 6.07) is 9.88. The van der Waals surface area contributed by atoms with Gasteiger partial charge in [0.1, 0.15) is 4.88 Å². The number of ether oxygens (including phenoxy) is 1. The summed E-state index contributed by atoms with van der Waals surface area (Å²) in [6.07, 6.45) is 0. The zero-order valence-corrected chi connectivity index (χ0v) is 11.3. The van der Waals surface area contributed by atoms with Gasteiger partial charge in [0.25, 0.3) is 0 Å². The summed E-state index contributed by atoms with van der Waals surface area (Å²) in [5.41, 5.74) is 1.73. The van der Waals surface area contributed by atoms with Crippen molar-refractivity contribution in [3.63, 3.8) is 0 Å². The van der Waals surface area contributed by atoms with E-state index < -0.39 is 0 Å². The third kappa shape index (κ3) is 2.36. The maximum atomic E-state index is 11.5. The number of para-hydroxylation sites is 1. The third-order valence-electron chi connectivity index (χ3n) is 2.59. The number of hydrogen-bond donors (Lipinski definition) is 0. The Morgan fingerprint density at radius 2 is 2.00 bits per heavy atom. The van der Waals surface area contributed by atoms with Crippen LogP contribution in [0.2, 0.25) is 0 Å². The van der Waals surface area contributed by atoms with Crippen LogP contribution in [0.1, 0.15) is 15.4 Å². The number of anilines is 2. The Bertz CT molecular complexity index is 551. The average molecular weight is 262 g/mol. The third-order valence-corrected chi connectivity index (χ3v) is 3.80. The summed E-state index contributed by atoms with van der Waals surface area (Å²) in [7, 11) is 3.30. The number of rotatable bonds is 3. The maximum Gasteiger partial charge on any atom is 0.350 e. The van der Waals surface area contributed by atoms with Crippen LogP contribution in [0.5, 0.6) is 0 Å². The van der Waals surface area contributed by atoms with Crippen LogP contribution in [0.4, 0.5) is 10.8 Å². The molecule has 1 aromatic carbocycles. The summed E-state index contributed by atoms with van der Waals surface area (Å²) in [6.45, 7) is 1.81. The fraction of sp³-hybridized carbons (Fsp3) is 0.231. The molecule has 2 rings (SSSR count). The fourth-order valence-corrected chi connectivity index (χ4v) is 2.54. The van der Waals surface area contributed by atoms with E-state index in [1.165, 1.54) is 18.4 Å². The molecule has 4 nitrogen and oxygen atoms in total. The minimum atomic E-state index is -0.335. The van der Waals surface area contributed by atoms with Crippen LogP contribution >= 0.6 is 11.3 Å². The van der Waals surface area contributed by atoms with Crippen molar-refractivity contribution < 1.29 is 9.53 Å². The quantitative estimate of drug-likeness (QED) is 0.797. The number of aromatic nitrogens is 1. The zero-order chi connectivity index (χ0) is 13.1. The summed E-state index contributed by atoms with van der Waals surface area (Å²) >= 11 is 1.34. The van der Waals surface area contributed by atoms with Crippen LogP contribution in [0.15, 0.2) is 30.3 Å². The largest absolute Gasteiger partial charge is 0.465 e. The second-order valence-corrected chi connectivity index (χ2v) is 4.77. The minimum absolute atomic E-state index is 0.335.